The highest BCUT2D eigenvalue weighted by Crippen LogP contribution is 2.36. The fourth-order valence-electron chi connectivity index (χ4n) is 2.37. The van der Waals surface area contributed by atoms with Crippen LogP contribution in [0.2, 0.25) is 0 Å². The van der Waals surface area contributed by atoms with E-state index in [0.29, 0.717) is 22.6 Å². The minimum Gasteiger partial charge on any atom is -0.496 e. The van der Waals surface area contributed by atoms with E-state index in [0.717, 1.165) is 4.47 Å². The van der Waals surface area contributed by atoms with Crippen LogP contribution in [0.3, 0.4) is 0 Å². The second-order valence-corrected chi connectivity index (χ2v) is 5.73. The molecular formula is C15H17BrN2O4. The van der Waals surface area contributed by atoms with Crippen molar-refractivity contribution < 1.29 is 19.1 Å². The van der Waals surface area contributed by atoms with E-state index in [4.69, 9.17) is 9.47 Å². The molecule has 0 aliphatic carbocycles. The molecule has 118 valence electrons. The average molecular weight is 369 g/mol. The Bertz CT molecular complexity index is 657. The monoisotopic (exact) mass is 368 g/mol. The van der Waals surface area contributed by atoms with Gasteiger partial charge >= 0.3 is 12.0 Å². The molecule has 6 nitrogen and oxygen atoms in total. The van der Waals surface area contributed by atoms with Gasteiger partial charge in [-0.25, -0.2) is 9.59 Å². The number of benzene rings is 1. The number of carbonyl (C=O) groups is 2. The summed E-state index contributed by atoms with van der Waals surface area (Å²) in [6.07, 6.45) is 0. The number of rotatable bonds is 3. The fraction of sp³-hybridized carbons (Fsp3) is 0.333. The van der Waals surface area contributed by atoms with E-state index in [2.05, 4.69) is 21.2 Å². The molecule has 1 aliphatic rings. The summed E-state index contributed by atoms with van der Waals surface area (Å²) in [5.41, 5.74) is 1.60. The number of urea groups is 1. The van der Waals surface area contributed by atoms with Crippen molar-refractivity contribution in [3.63, 3.8) is 0 Å². The van der Waals surface area contributed by atoms with Gasteiger partial charge in [-0.3, -0.25) is 0 Å². The second kappa shape index (κ2) is 6.39. The SMILES string of the molecule is COC(=O)C1=C(C)N(C)C(=O)N[C@H]1c1cc(Br)ccc1OC. The zero-order valence-corrected chi connectivity index (χ0v) is 14.4. The Hall–Kier alpha value is -2.02. The molecule has 0 saturated heterocycles. The molecule has 1 atom stereocenters. The first-order valence-electron chi connectivity index (χ1n) is 6.57. The number of methoxy groups -OCH3 is 2. The van der Waals surface area contributed by atoms with Gasteiger partial charge in [0.05, 0.1) is 25.8 Å². The zero-order valence-electron chi connectivity index (χ0n) is 12.8. The van der Waals surface area contributed by atoms with Crippen LogP contribution in [-0.4, -0.2) is 38.2 Å². The standard InChI is InChI=1S/C15H17BrN2O4/c1-8-12(14(19)22-4)13(17-15(20)18(8)2)10-7-9(16)5-6-11(10)21-3/h5-7,13H,1-4H3,(H,17,20)/t13-/m0/s1. The van der Waals surface area contributed by atoms with Crippen LogP contribution in [-0.2, 0) is 9.53 Å². The van der Waals surface area contributed by atoms with Crippen LogP contribution >= 0.6 is 15.9 Å². The van der Waals surface area contributed by atoms with E-state index in [1.165, 1.54) is 19.1 Å². The molecule has 0 unspecified atom stereocenters. The van der Waals surface area contributed by atoms with E-state index >= 15 is 0 Å². The summed E-state index contributed by atoms with van der Waals surface area (Å²) in [4.78, 5) is 25.7. The van der Waals surface area contributed by atoms with Crippen LogP contribution in [0, 0.1) is 0 Å². The van der Waals surface area contributed by atoms with Gasteiger partial charge < -0.3 is 19.7 Å². The number of carbonyl (C=O) groups excluding carboxylic acids is 2. The lowest BCUT2D eigenvalue weighted by Gasteiger charge is -2.33. The van der Waals surface area contributed by atoms with Crippen molar-refractivity contribution in [2.24, 2.45) is 0 Å². The first kappa shape index (κ1) is 16.4. The first-order chi connectivity index (χ1) is 10.4. The Balaban J connectivity index is 2.64. The van der Waals surface area contributed by atoms with Crippen LogP contribution < -0.4 is 10.1 Å². The molecule has 1 heterocycles. The van der Waals surface area contributed by atoms with Gasteiger partial charge in [0.25, 0.3) is 0 Å². The molecule has 0 bridgehead atoms. The summed E-state index contributed by atoms with van der Waals surface area (Å²) in [6, 6.07) is 4.48. The summed E-state index contributed by atoms with van der Waals surface area (Å²) in [5, 5.41) is 2.81. The maximum Gasteiger partial charge on any atom is 0.337 e. The average Bonchev–Trinajstić information content (AvgIpc) is 2.51. The molecule has 2 rings (SSSR count). The fourth-order valence-corrected chi connectivity index (χ4v) is 2.75. The number of allylic oxidation sites excluding steroid dienone is 1. The molecule has 7 heteroatoms. The Morgan fingerprint density at radius 1 is 1.36 bits per heavy atom. The smallest absolute Gasteiger partial charge is 0.337 e. The summed E-state index contributed by atoms with van der Waals surface area (Å²) in [6.45, 7) is 1.71. The third-order valence-electron chi connectivity index (χ3n) is 3.66. The number of esters is 1. The van der Waals surface area contributed by atoms with Gasteiger partial charge in [-0.05, 0) is 25.1 Å². The van der Waals surface area contributed by atoms with E-state index in [-0.39, 0.29) is 6.03 Å². The van der Waals surface area contributed by atoms with Gasteiger partial charge in [-0.2, -0.15) is 0 Å². The molecule has 0 aromatic heterocycles. The Morgan fingerprint density at radius 2 is 2.05 bits per heavy atom. The molecule has 2 amide bonds. The summed E-state index contributed by atoms with van der Waals surface area (Å²) in [5.74, 6) is 0.0867. The summed E-state index contributed by atoms with van der Waals surface area (Å²) >= 11 is 3.40. The lowest BCUT2D eigenvalue weighted by atomic mass is 9.94. The van der Waals surface area contributed by atoms with Crippen molar-refractivity contribution in [3.8, 4) is 5.75 Å². The van der Waals surface area contributed by atoms with Crippen molar-refractivity contribution in [1.82, 2.24) is 10.2 Å². The number of halogens is 1. The number of ether oxygens (including phenoxy) is 2. The van der Waals surface area contributed by atoms with E-state index < -0.39 is 12.0 Å². The highest BCUT2D eigenvalue weighted by atomic mass is 79.9. The van der Waals surface area contributed by atoms with Crippen molar-refractivity contribution in [2.75, 3.05) is 21.3 Å². The van der Waals surface area contributed by atoms with Gasteiger partial charge in [0.15, 0.2) is 0 Å². The van der Waals surface area contributed by atoms with Crippen molar-refractivity contribution >= 4 is 27.9 Å². The summed E-state index contributed by atoms with van der Waals surface area (Å²) in [7, 11) is 4.45. The largest absolute Gasteiger partial charge is 0.496 e. The minimum absolute atomic E-state index is 0.294. The van der Waals surface area contributed by atoms with E-state index in [1.807, 2.05) is 12.1 Å². The lowest BCUT2D eigenvalue weighted by molar-refractivity contribution is -0.136. The number of amides is 2. The zero-order chi connectivity index (χ0) is 16.4. The predicted molar refractivity (Wildman–Crippen MR) is 84.4 cm³/mol. The van der Waals surface area contributed by atoms with E-state index in [9.17, 15) is 9.59 Å². The highest BCUT2D eigenvalue weighted by molar-refractivity contribution is 9.10. The maximum absolute atomic E-state index is 12.2. The number of nitrogens with one attached hydrogen (secondary N) is 1. The maximum atomic E-state index is 12.2. The molecule has 0 radical (unpaired) electrons. The quantitative estimate of drug-likeness (QED) is 0.832. The topological polar surface area (TPSA) is 67.9 Å². The molecule has 0 saturated carbocycles. The van der Waals surface area contributed by atoms with Crippen LogP contribution in [0.1, 0.15) is 18.5 Å². The Morgan fingerprint density at radius 3 is 2.64 bits per heavy atom. The number of hydrogen-bond acceptors (Lipinski definition) is 4. The normalized spacial score (nSPS) is 18.1. The van der Waals surface area contributed by atoms with Crippen LogP contribution in [0.25, 0.3) is 0 Å². The molecule has 1 aromatic carbocycles. The van der Waals surface area contributed by atoms with Crippen LogP contribution in [0.15, 0.2) is 33.9 Å². The van der Waals surface area contributed by atoms with Gasteiger partial charge in [0.2, 0.25) is 0 Å². The van der Waals surface area contributed by atoms with E-state index in [1.54, 1.807) is 20.0 Å². The van der Waals surface area contributed by atoms with Crippen molar-refractivity contribution in [1.29, 1.82) is 0 Å². The Kier molecular flexibility index (Phi) is 4.75. The van der Waals surface area contributed by atoms with Gasteiger partial charge in [0.1, 0.15) is 5.75 Å². The van der Waals surface area contributed by atoms with Crippen molar-refractivity contribution in [2.45, 2.75) is 13.0 Å². The van der Waals surface area contributed by atoms with Gasteiger partial charge in [-0.15, -0.1) is 0 Å². The molecule has 1 N–H and O–H groups in total. The third-order valence-corrected chi connectivity index (χ3v) is 4.16. The van der Waals surface area contributed by atoms with Crippen LogP contribution in [0.5, 0.6) is 5.75 Å². The summed E-state index contributed by atoms with van der Waals surface area (Å²) < 4.78 is 11.0. The molecule has 1 aromatic rings. The molecule has 0 spiro atoms. The minimum atomic E-state index is -0.636. The lowest BCUT2D eigenvalue weighted by Crippen LogP contribution is -2.46. The second-order valence-electron chi connectivity index (χ2n) is 4.82. The number of nitrogens with zero attached hydrogens (tertiary/aromatic N) is 1. The third kappa shape index (κ3) is 2.81. The molecular weight excluding hydrogens is 352 g/mol. The highest BCUT2D eigenvalue weighted by Gasteiger charge is 2.36. The van der Waals surface area contributed by atoms with Gasteiger partial charge in [-0.1, -0.05) is 15.9 Å². The Labute approximate surface area is 137 Å². The van der Waals surface area contributed by atoms with Crippen LogP contribution in [0.4, 0.5) is 4.79 Å². The predicted octanol–water partition coefficient (Wildman–Crippen LogP) is 2.60. The molecule has 22 heavy (non-hydrogen) atoms. The van der Waals surface area contributed by atoms with Crippen molar-refractivity contribution in [3.05, 3.63) is 39.5 Å². The first-order valence-corrected chi connectivity index (χ1v) is 7.36. The molecule has 1 aliphatic heterocycles. The van der Waals surface area contributed by atoms with Gasteiger partial charge in [0, 0.05) is 22.8 Å². The number of hydrogen-bond donors (Lipinski definition) is 1. The molecule has 0 fully saturated rings.